The van der Waals surface area contributed by atoms with Crippen LogP contribution in [0.25, 0.3) is 22.3 Å². The molecule has 0 radical (unpaired) electrons. The molecule has 0 unspecified atom stereocenters. The number of aromatic nitrogens is 2. The Morgan fingerprint density at radius 2 is 1.79 bits per heavy atom. The molecule has 0 saturated heterocycles. The van der Waals surface area contributed by atoms with Crippen LogP contribution in [0.4, 0.5) is 5.69 Å². The van der Waals surface area contributed by atoms with Gasteiger partial charge in [0.2, 0.25) is 5.43 Å². The number of esters is 1. The van der Waals surface area contributed by atoms with Crippen molar-refractivity contribution >= 4 is 34.6 Å². The van der Waals surface area contributed by atoms with Gasteiger partial charge < -0.3 is 9.30 Å². The Morgan fingerprint density at radius 3 is 2.39 bits per heavy atom. The summed E-state index contributed by atoms with van der Waals surface area (Å²) < 4.78 is 10.1. The van der Waals surface area contributed by atoms with E-state index in [0.29, 0.717) is 12.1 Å². The van der Waals surface area contributed by atoms with Crippen LogP contribution in [0.15, 0.2) is 34.1 Å². The molecule has 0 bridgehead atoms. The highest BCUT2D eigenvalue weighted by Gasteiger charge is 2.25. The Labute approximate surface area is 227 Å². The third-order valence-corrected chi connectivity index (χ3v) is 7.55. The third-order valence-electron chi connectivity index (χ3n) is 6.35. The number of hydrogen-bond donors (Lipinski definition) is 1. The molecule has 3 rings (SSSR count). The van der Waals surface area contributed by atoms with Gasteiger partial charge >= 0.3 is 5.97 Å². The van der Waals surface area contributed by atoms with Gasteiger partial charge in [-0.15, -0.1) is 0 Å². The molecule has 10 heteroatoms. The molecule has 0 fully saturated rings. The van der Waals surface area contributed by atoms with Crippen molar-refractivity contribution in [3.05, 3.63) is 61.4 Å². The standard InChI is InChI=1S/C28H36N4O5S/c1-6-9-10-11-12-13-29-38-26-18(4)14-20(15-19(26)5)24-23(32(35)36)16-21-25(33)22(28(34)37-8-3)17-31(7-2)27(21)30-24/h14-17,29H,6-13H2,1-5H3. The number of nitro groups is 1. The number of aryl methyl sites for hydroxylation is 3. The number of benzene rings is 1. The summed E-state index contributed by atoms with van der Waals surface area (Å²) in [6, 6.07) is 5.00. The fraction of sp³-hybridized carbons (Fsp3) is 0.464. The molecule has 0 aliphatic rings. The number of unbranched alkanes of at least 4 members (excludes halogenated alkanes) is 4. The molecule has 0 amide bonds. The van der Waals surface area contributed by atoms with Crippen molar-refractivity contribution in [2.75, 3.05) is 13.2 Å². The van der Waals surface area contributed by atoms with Crippen molar-refractivity contribution in [3.63, 3.8) is 0 Å². The Kier molecular flexibility index (Phi) is 10.4. The Bertz CT molecular complexity index is 1360. The molecule has 2 aromatic heterocycles. The first-order valence-corrected chi connectivity index (χ1v) is 14.0. The number of nitrogens with zero attached hydrogens (tertiary/aromatic N) is 3. The van der Waals surface area contributed by atoms with Crippen molar-refractivity contribution in [3.8, 4) is 11.3 Å². The van der Waals surface area contributed by atoms with Gasteiger partial charge in [0.15, 0.2) is 5.69 Å². The summed E-state index contributed by atoms with van der Waals surface area (Å²) in [5.41, 5.74) is 1.92. The lowest BCUT2D eigenvalue weighted by Gasteiger charge is -2.15. The predicted octanol–water partition coefficient (Wildman–Crippen LogP) is 6.35. The maximum Gasteiger partial charge on any atom is 0.343 e. The lowest BCUT2D eigenvalue weighted by Crippen LogP contribution is -2.21. The van der Waals surface area contributed by atoms with Crippen molar-refractivity contribution in [2.24, 2.45) is 0 Å². The number of carbonyl (C=O) groups excluding carboxylic acids is 1. The second kappa shape index (κ2) is 13.5. The van der Waals surface area contributed by atoms with Gasteiger partial charge in [-0.1, -0.05) is 32.6 Å². The lowest BCUT2D eigenvalue weighted by molar-refractivity contribution is -0.384. The summed E-state index contributed by atoms with van der Waals surface area (Å²) in [5, 5.41) is 12.1. The summed E-state index contributed by atoms with van der Waals surface area (Å²) in [6.07, 6.45) is 7.48. The number of fused-ring (bicyclic) bond motifs is 1. The van der Waals surface area contributed by atoms with Crippen molar-refractivity contribution in [1.29, 1.82) is 0 Å². The van der Waals surface area contributed by atoms with Crippen LogP contribution < -0.4 is 10.2 Å². The van der Waals surface area contributed by atoms with Gasteiger partial charge in [-0.05, 0) is 69.3 Å². The van der Waals surface area contributed by atoms with Gasteiger partial charge in [-0.2, -0.15) is 0 Å². The summed E-state index contributed by atoms with van der Waals surface area (Å²) in [6.45, 7) is 11.1. The molecule has 0 aliphatic carbocycles. The molecular weight excluding hydrogens is 504 g/mol. The topological polar surface area (TPSA) is 116 Å². The third kappa shape index (κ3) is 6.60. The van der Waals surface area contributed by atoms with E-state index >= 15 is 0 Å². The minimum atomic E-state index is -0.762. The van der Waals surface area contributed by atoms with E-state index < -0.39 is 16.3 Å². The van der Waals surface area contributed by atoms with Gasteiger partial charge in [0.05, 0.1) is 16.9 Å². The monoisotopic (exact) mass is 540 g/mol. The van der Waals surface area contributed by atoms with Gasteiger partial charge in [0.25, 0.3) is 5.69 Å². The number of hydrogen-bond acceptors (Lipinski definition) is 8. The maximum atomic E-state index is 13.1. The molecular formula is C28H36N4O5S. The first-order valence-electron chi connectivity index (χ1n) is 13.1. The van der Waals surface area contributed by atoms with Crippen LogP contribution in [0.2, 0.25) is 0 Å². The fourth-order valence-electron chi connectivity index (χ4n) is 4.42. The van der Waals surface area contributed by atoms with Crippen LogP contribution in [0, 0.1) is 24.0 Å². The first kappa shape index (κ1) is 29.3. The number of rotatable bonds is 13. The van der Waals surface area contributed by atoms with E-state index in [1.165, 1.54) is 37.9 Å². The average molecular weight is 541 g/mol. The molecule has 1 aromatic carbocycles. The largest absolute Gasteiger partial charge is 0.462 e. The molecule has 0 aliphatic heterocycles. The van der Waals surface area contributed by atoms with Gasteiger partial charge in [0, 0.05) is 35.8 Å². The van der Waals surface area contributed by atoms with Crippen LogP contribution in [0.3, 0.4) is 0 Å². The number of ether oxygens (including phenoxy) is 1. The lowest BCUT2D eigenvalue weighted by atomic mass is 10.0. The number of pyridine rings is 2. The minimum absolute atomic E-state index is 0.0107. The normalized spacial score (nSPS) is 11.2. The highest BCUT2D eigenvalue weighted by Crippen LogP contribution is 2.35. The predicted molar refractivity (Wildman–Crippen MR) is 152 cm³/mol. The van der Waals surface area contributed by atoms with Gasteiger partial charge in [0.1, 0.15) is 11.2 Å². The summed E-state index contributed by atoms with van der Waals surface area (Å²) in [4.78, 5) is 42.7. The second-order valence-corrected chi connectivity index (χ2v) is 10.1. The van der Waals surface area contributed by atoms with E-state index in [-0.39, 0.29) is 34.6 Å². The van der Waals surface area contributed by atoms with E-state index in [0.717, 1.165) is 29.0 Å². The highest BCUT2D eigenvalue weighted by atomic mass is 32.2. The summed E-state index contributed by atoms with van der Waals surface area (Å²) in [7, 11) is 0. The summed E-state index contributed by atoms with van der Waals surface area (Å²) >= 11 is 1.58. The van der Waals surface area contributed by atoms with E-state index in [2.05, 4.69) is 16.6 Å². The Hall–Kier alpha value is -3.24. The van der Waals surface area contributed by atoms with E-state index in [1.54, 1.807) is 23.4 Å². The van der Waals surface area contributed by atoms with E-state index in [4.69, 9.17) is 4.74 Å². The van der Waals surface area contributed by atoms with Crippen LogP contribution in [0.1, 0.15) is 74.4 Å². The highest BCUT2D eigenvalue weighted by molar-refractivity contribution is 7.97. The minimum Gasteiger partial charge on any atom is -0.462 e. The number of carbonyl (C=O) groups is 1. The summed E-state index contributed by atoms with van der Waals surface area (Å²) in [5.74, 6) is -0.762. The zero-order valence-electron chi connectivity index (χ0n) is 22.8. The second-order valence-electron chi connectivity index (χ2n) is 9.21. The Morgan fingerprint density at radius 1 is 1.11 bits per heavy atom. The van der Waals surface area contributed by atoms with Crippen LogP contribution in [-0.4, -0.2) is 33.6 Å². The first-order chi connectivity index (χ1) is 18.2. The van der Waals surface area contributed by atoms with Gasteiger partial charge in [-0.25, -0.2) is 9.78 Å². The molecule has 204 valence electrons. The zero-order chi connectivity index (χ0) is 27.8. The molecule has 2 heterocycles. The van der Waals surface area contributed by atoms with Crippen molar-refractivity contribution < 1.29 is 14.5 Å². The average Bonchev–Trinajstić information content (AvgIpc) is 2.89. The SMILES string of the molecule is CCCCCCCNSc1c(C)cc(-c2nc3c(cc2[N+](=O)[O-])c(=O)c(C(=O)OCC)cn3CC)cc1C. The smallest absolute Gasteiger partial charge is 0.343 e. The maximum absolute atomic E-state index is 13.1. The van der Waals surface area contributed by atoms with E-state index in [1.807, 2.05) is 32.9 Å². The van der Waals surface area contributed by atoms with E-state index in [9.17, 15) is 19.7 Å². The molecule has 1 N–H and O–H groups in total. The molecule has 3 aromatic rings. The molecule has 9 nitrogen and oxygen atoms in total. The molecule has 0 saturated carbocycles. The van der Waals surface area contributed by atoms with Crippen LogP contribution >= 0.6 is 11.9 Å². The molecule has 0 atom stereocenters. The molecule has 0 spiro atoms. The van der Waals surface area contributed by atoms with Crippen LogP contribution in [-0.2, 0) is 11.3 Å². The van der Waals surface area contributed by atoms with Crippen LogP contribution in [0.5, 0.6) is 0 Å². The Balaban J connectivity index is 2.02. The quantitative estimate of drug-likeness (QED) is 0.0876. The number of nitrogens with one attached hydrogen (secondary N) is 1. The van der Waals surface area contributed by atoms with Crippen molar-refractivity contribution in [2.45, 2.75) is 78.2 Å². The fourth-order valence-corrected chi connectivity index (χ4v) is 5.25. The van der Waals surface area contributed by atoms with Gasteiger partial charge in [-0.3, -0.25) is 19.6 Å². The zero-order valence-corrected chi connectivity index (χ0v) is 23.6. The molecule has 38 heavy (non-hydrogen) atoms. The van der Waals surface area contributed by atoms with Crippen molar-refractivity contribution in [1.82, 2.24) is 14.3 Å².